The van der Waals surface area contributed by atoms with Crippen molar-refractivity contribution < 1.29 is 9.84 Å². The molecule has 1 saturated heterocycles. The molecule has 184 valence electrons. The van der Waals surface area contributed by atoms with Crippen LogP contribution in [0.1, 0.15) is 79.0 Å². The zero-order valence-electron chi connectivity index (χ0n) is 20.9. The predicted molar refractivity (Wildman–Crippen MR) is 144 cm³/mol. The Labute approximate surface area is 210 Å². The van der Waals surface area contributed by atoms with Gasteiger partial charge in [0, 0.05) is 23.5 Å². The molecule has 3 heteroatoms. The van der Waals surface area contributed by atoms with Gasteiger partial charge in [-0.2, -0.15) is 0 Å². The van der Waals surface area contributed by atoms with E-state index in [0.717, 1.165) is 17.7 Å². The average molecular weight is 470 g/mol. The third kappa shape index (κ3) is 6.08. The van der Waals surface area contributed by atoms with Gasteiger partial charge in [-0.25, -0.2) is 0 Å². The molecule has 35 heavy (non-hydrogen) atoms. The molecule has 0 amide bonds. The number of nitrogens with zero attached hydrogens (tertiary/aromatic N) is 1. The van der Waals surface area contributed by atoms with E-state index in [2.05, 4.69) is 59.5 Å². The van der Waals surface area contributed by atoms with E-state index >= 15 is 0 Å². The number of likely N-dealkylation sites (tertiary alicyclic amines) is 1. The van der Waals surface area contributed by atoms with Gasteiger partial charge in [0.1, 0.15) is 11.5 Å². The topological polar surface area (TPSA) is 32.7 Å². The van der Waals surface area contributed by atoms with Crippen LogP contribution < -0.4 is 4.74 Å². The van der Waals surface area contributed by atoms with E-state index in [-0.39, 0.29) is 17.6 Å². The SMILES string of the molecule is Oc1ccc2c(c1)OCC(c1ccccc1)C2c1ccc(CCCCCCCN2CCCC2)cc1. The van der Waals surface area contributed by atoms with Gasteiger partial charge >= 0.3 is 0 Å². The van der Waals surface area contributed by atoms with Crippen LogP contribution in [-0.4, -0.2) is 36.2 Å². The van der Waals surface area contributed by atoms with Crippen molar-refractivity contribution in [3.8, 4) is 11.5 Å². The lowest BCUT2D eigenvalue weighted by Gasteiger charge is -2.34. The molecule has 2 atom stereocenters. The fourth-order valence-corrected chi connectivity index (χ4v) is 5.89. The van der Waals surface area contributed by atoms with Crippen molar-refractivity contribution in [3.63, 3.8) is 0 Å². The van der Waals surface area contributed by atoms with Crippen molar-refractivity contribution in [3.05, 3.63) is 95.1 Å². The smallest absolute Gasteiger partial charge is 0.126 e. The number of aromatic hydroxyl groups is 1. The fourth-order valence-electron chi connectivity index (χ4n) is 5.89. The zero-order valence-corrected chi connectivity index (χ0v) is 20.9. The van der Waals surface area contributed by atoms with Crippen LogP contribution in [0.4, 0.5) is 0 Å². The monoisotopic (exact) mass is 469 g/mol. The fraction of sp³-hybridized carbons (Fsp3) is 0.438. The van der Waals surface area contributed by atoms with Gasteiger partial charge < -0.3 is 14.7 Å². The van der Waals surface area contributed by atoms with Crippen molar-refractivity contribution in [2.75, 3.05) is 26.2 Å². The quantitative estimate of drug-likeness (QED) is 0.317. The number of unbranched alkanes of at least 4 members (excludes halogenated alkanes) is 4. The highest BCUT2D eigenvalue weighted by molar-refractivity contribution is 5.50. The molecule has 2 unspecified atom stereocenters. The standard InChI is InChI=1S/C32H39NO2/c34-28-18-19-29-31(23-28)35-24-30(26-12-6-4-7-13-26)32(29)27-16-14-25(15-17-27)11-5-2-1-3-8-20-33-21-9-10-22-33/h4,6-7,12-19,23,30,32,34H,1-3,5,8-11,20-22,24H2. The van der Waals surface area contributed by atoms with Gasteiger partial charge in [-0.05, 0) is 74.5 Å². The van der Waals surface area contributed by atoms with Crippen molar-refractivity contribution in [1.29, 1.82) is 0 Å². The number of phenolic OH excluding ortho intramolecular Hbond substituents is 1. The highest BCUT2D eigenvalue weighted by Gasteiger charge is 2.33. The molecule has 3 aromatic rings. The summed E-state index contributed by atoms with van der Waals surface area (Å²) in [6.45, 7) is 4.57. The Hall–Kier alpha value is -2.78. The average Bonchev–Trinajstić information content (AvgIpc) is 3.42. The van der Waals surface area contributed by atoms with E-state index in [4.69, 9.17) is 4.74 Å². The molecular formula is C32H39NO2. The van der Waals surface area contributed by atoms with Crippen LogP contribution in [-0.2, 0) is 6.42 Å². The molecule has 2 aliphatic heterocycles. The third-order valence-electron chi connectivity index (χ3n) is 7.86. The normalized spacial score (nSPS) is 19.9. The van der Waals surface area contributed by atoms with Crippen LogP contribution >= 0.6 is 0 Å². The largest absolute Gasteiger partial charge is 0.508 e. The summed E-state index contributed by atoms with van der Waals surface area (Å²) in [7, 11) is 0. The van der Waals surface area contributed by atoms with E-state index < -0.39 is 0 Å². The predicted octanol–water partition coefficient (Wildman–Crippen LogP) is 7.29. The first kappa shape index (κ1) is 23.9. The summed E-state index contributed by atoms with van der Waals surface area (Å²) in [5.41, 5.74) is 5.20. The Morgan fingerprint density at radius 1 is 0.771 bits per heavy atom. The molecule has 3 nitrogen and oxygen atoms in total. The van der Waals surface area contributed by atoms with Gasteiger partial charge in [0.15, 0.2) is 0 Å². The second-order valence-electron chi connectivity index (χ2n) is 10.3. The van der Waals surface area contributed by atoms with Crippen molar-refractivity contribution in [1.82, 2.24) is 4.90 Å². The Balaban J connectivity index is 1.19. The van der Waals surface area contributed by atoms with Crippen LogP contribution in [0, 0.1) is 0 Å². The first-order valence-corrected chi connectivity index (χ1v) is 13.6. The van der Waals surface area contributed by atoms with Gasteiger partial charge in [-0.1, -0.05) is 79.9 Å². The maximum Gasteiger partial charge on any atom is 0.126 e. The summed E-state index contributed by atoms with van der Waals surface area (Å²) in [6, 6.07) is 25.5. The van der Waals surface area contributed by atoms with E-state index in [9.17, 15) is 5.11 Å². The number of ether oxygens (including phenoxy) is 1. The number of hydrogen-bond donors (Lipinski definition) is 1. The molecule has 5 rings (SSSR count). The number of aryl methyl sites for hydroxylation is 1. The van der Waals surface area contributed by atoms with Gasteiger partial charge in [-0.15, -0.1) is 0 Å². The molecule has 0 aromatic heterocycles. The molecule has 0 spiro atoms. The molecule has 0 saturated carbocycles. The molecule has 1 fully saturated rings. The zero-order chi connectivity index (χ0) is 23.9. The number of hydrogen-bond acceptors (Lipinski definition) is 3. The number of fused-ring (bicyclic) bond motifs is 1. The minimum atomic E-state index is 0.214. The van der Waals surface area contributed by atoms with Crippen LogP contribution in [0.25, 0.3) is 0 Å². The summed E-state index contributed by atoms with van der Waals surface area (Å²) in [5, 5.41) is 9.98. The van der Waals surface area contributed by atoms with Gasteiger partial charge in [0.25, 0.3) is 0 Å². The molecule has 0 radical (unpaired) electrons. The lowest BCUT2D eigenvalue weighted by atomic mass is 9.75. The number of rotatable bonds is 10. The second kappa shape index (κ2) is 11.8. The van der Waals surface area contributed by atoms with E-state index in [0.29, 0.717) is 6.61 Å². The lowest BCUT2D eigenvalue weighted by Crippen LogP contribution is -2.25. The second-order valence-corrected chi connectivity index (χ2v) is 10.3. The Morgan fingerprint density at radius 3 is 2.31 bits per heavy atom. The van der Waals surface area contributed by atoms with Crippen LogP contribution in [0.2, 0.25) is 0 Å². The maximum absolute atomic E-state index is 9.98. The first-order chi connectivity index (χ1) is 17.3. The molecule has 2 aliphatic rings. The summed E-state index contributed by atoms with van der Waals surface area (Å²) >= 11 is 0. The van der Waals surface area contributed by atoms with Crippen LogP contribution in [0.15, 0.2) is 72.8 Å². The van der Waals surface area contributed by atoms with Gasteiger partial charge in [0.05, 0.1) is 6.61 Å². The first-order valence-electron chi connectivity index (χ1n) is 13.6. The Kier molecular flexibility index (Phi) is 8.05. The maximum atomic E-state index is 9.98. The van der Waals surface area contributed by atoms with Crippen molar-refractivity contribution in [2.24, 2.45) is 0 Å². The summed E-state index contributed by atoms with van der Waals surface area (Å²) in [6.07, 6.45) is 10.6. The van der Waals surface area contributed by atoms with Gasteiger partial charge in [0.2, 0.25) is 0 Å². The highest BCUT2D eigenvalue weighted by Crippen LogP contribution is 2.46. The molecule has 1 N–H and O–H groups in total. The number of phenols is 1. The van der Waals surface area contributed by atoms with Crippen LogP contribution in [0.3, 0.4) is 0 Å². The summed E-state index contributed by atoms with van der Waals surface area (Å²) < 4.78 is 6.11. The summed E-state index contributed by atoms with van der Waals surface area (Å²) in [4.78, 5) is 2.63. The molecule has 0 aliphatic carbocycles. The minimum Gasteiger partial charge on any atom is -0.508 e. The Bertz CT molecular complexity index is 1060. The lowest BCUT2D eigenvalue weighted by molar-refractivity contribution is 0.248. The molecular weight excluding hydrogens is 430 g/mol. The van der Waals surface area contributed by atoms with E-state index in [1.165, 1.54) is 81.3 Å². The minimum absolute atomic E-state index is 0.214. The molecule has 3 aromatic carbocycles. The molecule has 0 bridgehead atoms. The van der Waals surface area contributed by atoms with E-state index in [1.807, 2.05) is 6.07 Å². The molecule has 2 heterocycles. The van der Waals surface area contributed by atoms with Crippen molar-refractivity contribution >= 4 is 0 Å². The van der Waals surface area contributed by atoms with Crippen molar-refractivity contribution in [2.45, 2.75) is 63.2 Å². The van der Waals surface area contributed by atoms with E-state index in [1.54, 1.807) is 12.1 Å². The summed E-state index contributed by atoms with van der Waals surface area (Å²) in [5.74, 6) is 1.52. The van der Waals surface area contributed by atoms with Crippen LogP contribution in [0.5, 0.6) is 11.5 Å². The van der Waals surface area contributed by atoms with Gasteiger partial charge in [-0.3, -0.25) is 0 Å². The number of benzene rings is 3. The Morgan fingerprint density at radius 2 is 1.51 bits per heavy atom. The highest BCUT2D eigenvalue weighted by atomic mass is 16.5. The third-order valence-corrected chi connectivity index (χ3v) is 7.86.